The summed E-state index contributed by atoms with van der Waals surface area (Å²) >= 11 is 1.57. The summed E-state index contributed by atoms with van der Waals surface area (Å²) < 4.78 is 29.4. The minimum Gasteiger partial charge on any atom is -0.486 e. The van der Waals surface area contributed by atoms with E-state index in [9.17, 15) is 4.39 Å². The van der Waals surface area contributed by atoms with Gasteiger partial charge in [0.25, 0.3) is 0 Å². The van der Waals surface area contributed by atoms with Gasteiger partial charge in [-0.15, -0.1) is 16.4 Å². The van der Waals surface area contributed by atoms with E-state index in [2.05, 4.69) is 30.7 Å². The highest BCUT2D eigenvalue weighted by molar-refractivity contribution is 7.16. The first-order valence-electron chi connectivity index (χ1n) is 11.6. The number of alkyl halides is 1. The van der Waals surface area contributed by atoms with Crippen LogP contribution in [0.1, 0.15) is 6.42 Å². The molecule has 6 rings (SSSR count). The predicted molar refractivity (Wildman–Crippen MR) is 138 cm³/mol. The predicted octanol–water partition coefficient (Wildman–Crippen LogP) is 4.47. The second kappa shape index (κ2) is 9.32. The van der Waals surface area contributed by atoms with Gasteiger partial charge >= 0.3 is 0 Å². The molecule has 1 aliphatic rings. The van der Waals surface area contributed by atoms with Crippen LogP contribution in [0.3, 0.4) is 0 Å². The number of anilines is 2. The summed E-state index contributed by atoms with van der Waals surface area (Å²) in [6.45, 7) is 0.949. The number of aryl methyl sites for hydroxylation is 1. The first-order chi connectivity index (χ1) is 17.6. The molecule has 3 aromatic heterocycles. The number of rotatable bonds is 6. The second-order valence-electron chi connectivity index (χ2n) is 8.64. The van der Waals surface area contributed by atoms with Gasteiger partial charge in [-0.1, -0.05) is 0 Å². The van der Waals surface area contributed by atoms with Gasteiger partial charge in [-0.2, -0.15) is 0 Å². The molecule has 1 saturated heterocycles. The molecule has 0 amide bonds. The van der Waals surface area contributed by atoms with E-state index in [-0.39, 0.29) is 6.54 Å². The molecule has 36 heavy (non-hydrogen) atoms. The van der Waals surface area contributed by atoms with Gasteiger partial charge in [-0.3, -0.25) is 4.68 Å². The molecule has 2 N–H and O–H groups in total. The van der Waals surface area contributed by atoms with E-state index < -0.39 is 12.3 Å². The lowest BCUT2D eigenvalue weighted by molar-refractivity contribution is 0.0744. The maximum absolute atomic E-state index is 14.8. The highest BCUT2D eigenvalue weighted by Crippen LogP contribution is 2.39. The maximum atomic E-state index is 14.8. The number of hydrogen-bond acceptors (Lipinski definition) is 9. The van der Waals surface area contributed by atoms with Crippen LogP contribution >= 0.6 is 11.3 Å². The van der Waals surface area contributed by atoms with Crippen LogP contribution in [-0.2, 0) is 7.05 Å². The number of nitrogens with one attached hydrogen (secondary N) is 2. The third-order valence-electron chi connectivity index (χ3n) is 6.22. The fourth-order valence-electron chi connectivity index (χ4n) is 4.48. The Hall–Kier alpha value is -3.83. The van der Waals surface area contributed by atoms with E-state index in [4.69, 9.17) is 9.47 Å². The lowest BCUT2D eigenvalue weighted by Gasteiger charge is -2.28. The van der Waals surface area contributed by atoms with Crippen molar-refractivity contribution in [2.75, 3.05) is 25.5 Å². The molecule has 2 aromatic carbocycles. The van der Waals surface area contributed by atoms with E-state index in [1.165, 1.54) is 6.33 Å². The Morgan fingerprint density at radius 1 is 1.17 bits per heavy atom. The van der Waals surface area contributed by atoms with E-state index >= 15 is 0 Å². The number of fused-ring (bicyclic) bond motifs is 2. The minimum absolute atomic E-state index is 0.259. The average molecular weight is 506 g/mol. The summed E-state index contributed by atoms with van der Waals surface area (Å²) in [7, 11) is 3.41. The first kappa shape index (κ1) is 22.6. The lowest BCUT2D eigenvalue weighted by atomic mass is 10.0. The molecule has 0 saturated carbocycles. The van der Waals surface area contributed by atoms with Crippen molar-refractivity contribution in [1.82, 2.24) is 30.0 Å². The van der Waals surface area contributed by atoms with Crippen molar-refractivity contribution in [1.29, 1.82) is 0 Å². The molecule has 0 unspecified atom stereocenters. The van der Waals surface area contributed by atoms with Gasteiger partial charge in [0.05, 0.1) is 39.3 Å². The quantitative estimate of drug-likeness (QED) is 0.349. The SMILES string of the molecule is COc1nn(C)cc1-c1cc(O[C@@H]2CCNC[C@@H]2F)c2c(Nc3ccc4ncsc4c3)ncnc2c1. The molecule has 2 atom stereocenters. The maximum Gasteiger partial charge on any atom is 0.240 e. The van der Waals surface area contributed by atoms with Crippen LogP contribution in [0.25, 0.3) is 32.2 Å². The zero-order valence-corrected chi connectivity index (χ0v) is 20.6. The van der Waals surface area contributed by atoms with Crippen molar-refractivity contribution in [2.24, 2.45) is 7.05 Å². The van der Waals surface area contributed by atoms with Crippen molar-refractivity contribution in [3.05, 3.63) is 48.4 Å². The Labute approximate surface area is 210 Å². The van der Waals surface area contributed by atoms with Crippen LogP contribution in [0.4, 0.5) is 15.9 Å². The Balaban J connectivity index is 1.48. The third kappa shape index (κ3) is 4.20. The largest absolute Gasteiger partial charge is 0.486 e. The molecule has 184 valence electrons. The summed E-state index contributed by atoms with van der Waals surface area (Å²) in [5.41, 5.74) is 5.88. The summed E-state index contributed by atoms with van der Waals surface area (Å²) in [4.78, 5) is 13.4. The van der Waals surface area contributed by atoms with Crippen LogP contribution in [0.15, 0.2) is 48.4 Å². The molecule has 9 nitrogen and oxygen atoms in total. The summed E-state index contributed by atoms with van der Waals surface area (Å²) in [5, 5.41) is 11.5. The molecule has 0 radical (unpaired) electrons. The van der Waals surface area contributed by atoms with Crippen LogP contribution < -0.4 is 20.1 Å². The Kier molecular flexibility index (Phi) is 5.86. The van der Waals surface area contributed by atoms with E-state index in [0.29, 0.717) is 41.3 Å². The number of halogens is 1. The second-order valence-corrected chi connectivity index (χ2v) is 9.53. The third-order valence-corrected chi connectivity index (χ3v) is 7.01. The Bertz CT molecular complexity index is 1550. The first-order valence-corrected chi connectivity index (χ1v) is 12.5. The topological polar surface area (TPSA) is 99.0 Å². The van der Waals surface area contributed by atoms with Gasteiger partial charge in [0.15, 0.2) is 0 Å². The van der Waals surface area contributed by atoms with Crippen molar-refractivity contribution >= 4 is 44.0 Å². The number of benzene rings is 2. The van der Waals surface area contributed by atoms with Crippen molar-refractivity contribution in [3.63, 3.8) is 0 Å². The van der Waals surface area contributed by atoms with Crippen molar-refractivity contribution < 1.29 is 13.9 Å². The number of piperidine rings is 1. The fraction of sp³-hybridized carbons (Fsp3) is 0.280. The zero-order chi connectivity index (χ0) is 24.6. The molecule has 1 fully saturated rings. The van der Waals surface area contributed by atoms with Crippen LogP contribution in [0.2, 0.25) is 0 Å². The van der Waals surface area contributed by atoms with Crippen molar-refractivity contribution in [2.45, 2.75) is 18.7 Å². The number of nitrogens with zero attached hydrogens (tertiary/aromatic N) is 5. The smallest absolute Gasteiger partial charge is 0.240 e. The van der Waals surface area contributed by atoms with Gasteiger partial charge in [0.1, 0.15) is 30.2 Å². The van der Waals surface area contributed by atoms with Gasteiger partial charge in [0.2, 0.25) is 5.88 Å². The summed E-state index contributed by atoms with van der Waals surface area (Å²) in [6.07, 6.45) is 2.23. The summed E-state index contributed by atoms with van der Waals surface area (Å²) in [5.74, 6) is 1.57. The monoisotopic (exact) mass is 505 g/mol. The minimum atomic E-state index is -1.12. The van der Waals surface area contributed by atoms with E-state index in [1.54, 1.807) is 23.1 Å². The van der Waals surface area contributed by atoms with Gasteiger partial charge in [-0.25, -0.2) is 19.3 Å². The number of aromatic nitrogens is 5. The average Bonchev–Trinajstić information content (AvgIpc) is 3.51. The Morgan fingerprint density at radius 3 is 2.94 bits per heavy atom. The molecular weight excluding hydrogens is 481 g/mol. The van der Waals surface area contributed by atoms with Crippen molar-refractivity contribution in [3.8, 4) is 22.8 Å². The standard InChI is InChI=1S/C25H24FN7O2S/c1-33-11-16(25(32-33)34-2)14-7-19-23(21(8-14)35-20-5-6-27-10-17(20)26)24(29-12-28-19)31-15-3-4-18-22(9-15)36-13-30-18/h3-4,7-9,11-13,17,20,27H,5-6,10H2,1-2H3,(H,28,29,31)/t17-,20+/m0/s1. The normalized spacial score (nSPS) is 18.0. The molecular formula is C25H24FN7O2S. The zero-order valence-electron chi connectivity index (χ0n) is 19.7. The number of ether oxygens (including phenoxy) is 2. The molecule has 11 heteroatoms. The molecule has 1 aliphatic heterocycles. The van der Waals surface area contributed by atoms with Crippen LogP contribution in [0, 0.1) is 0 Å². The molecule has 0 spiro atoms. The molecule has 5 aromatic rings. The Morgan fingerprint density at radius 2 is 2.08 bits per heavy atom. The number of thiazole rings is 1. The molecule has 0 bridgehead atoms. The highest BCUT2D eigenvalue weighted by atomic mass is 32.1. The van der Waals surface area contributed by atoms with E-state index in [0.717, 1.165) is 27.0 Å². The highest BCUT2D eigenvalue weighted by Gasteiger charge is 2.28. The van der Waals surface area contributed by atoms with Crippen LogP contribution in [-0.4, -0.2) is 57.2 Å². The molecule has 0 aliphatic carbocycles. The fourth-order valence-corrected chi connectivity index (χ4v) is 5.19. The van der Waals surface area contributed by atoms with Crippen LogP contribution in [0.5, 0.6) is 11.6 Å². The number of methoxy groups -OCH3 is 1. The van der Waals surface area contributed by atoms with Gasteiger partial charge < -0.3 is 20.1 Å². The van der Waals surface area contributed by atoms with E-state index in [1.807, 2.05) is 49.1 Å². The summed E-state index contributed by atoms with van der Waals surface area (Å²) in [6, 6.07) is 9.77. The number of hydrogen-bond donors (Lipinski definition) is 2. The molecule has 4 heterocycles. The lowest BCUT2D eigenvalue weighted by Crippen LogP contribution is -2.44. The van der Waals surface area contributed by atoms with Gasteiger partial charge in [-0.05, 0) is 48.9 Å². The van der Waals surface area contributed by atoms with Gasteiger partial charge in [0, 0.05) is 25.5 Å².